The molecular formula is C10H21NS4. The minimum atomic E-state index is 0.401. The largest absolute Gasteiger partial charge is 0.326 e. The second-order valence-electron chi connectivity index (χ2n) is 3.49. The van der Waals surface area contributed by atoms with Crippen molar-refractivity contribution in [2.24, 2.45) is 5.73 Å². The molecule has 0 radical (unpaired) electrons. The van der Waals surface area contributed by atoms with Crippen LogP contribution in [0.3, 0.4) is 0 Å². The van der Waals surface area contributed by atoms with Gasteiger partial charge in [-0.3, -0.25) is 0 Å². The van der Waals surface area contributed by atoms with Crippen LogP contribution >= 0.6 is 47.0 Å². The molecule has 15 heavy (non-hydrogen) atoms. The molecule has 1 nitrogen and oxygen atoms in total. The van der Waals surface area contributed by atoms with E-state index in [1.807, 2.05) is 23.5 Å². The maximum atomic E-state index is 6.03. The molecule has 1 heterocycles. The number of nitrogens with two attached hydrogens (primary N) is 1. The monoisotopic (exact) mass is 283 g/mol. The summed E-state index contributed by atoms with van der Waals surface area (Å²) in [5.41, 5.74) is 6.03. The van der Waals surface area contributed by atoms with Crippen LogP contribution in [-0.4, -0.2) is 52.1 Å². The highest BCUT2D eigenvalue weighted by Gasteiger charge is 2.03. The Labute approximate surface area is 111 Å². The minimum absolute atomic E-state index is 0.401. The molecule has 0 spiro atoms. The van der Waals surface area contributed by atoms with Gasteiger partial charge in [-0.2, -0.15) is 47.0 Å². The lowest BCUT2D eigenvalue weighted by atomic mass is 10.4. The van der Waals surface area contributed by atoms with Gasteiger partial charge in [0.1, 0.15) is 0 Å². The lowest BCUT2D eigenvalue weighted by Gasteiger charge is -2.11. The van der Waals surface area contributed by atoms with Gasteiger partial charge in [-0.1, -0.05) is 0 Å². The van der Waals surface area contributed by atoms with Gasteiger partial charge in [-0.05, 0) is 17.9 Å². The number of rotatable bonds is 0. The van der Waals surface area contributed by atoms with E-state index in [-0.39, 0.29) is 0 Å². The highest BCUT2D eigenvalue weighted by molar-refractivity contribution is 8.04. The van der Waals surface area contributed by atoms with Crippen LogP contribution in [0, 0.1) is 0 Å². The molecule has 2 N–H and O–H groups in total. The van der Waals surface area contributed by atoms with Gasteiger partial charge in [0.15, 0.2) is 0 Å². The molecule has 0 aromatic heterocycles. The fourth-order valence-corrected chi connectivity index (χ4v) is 5.72. The van der Waals surface area contributed by atoms with Crippen molar-refractivity contribution in [3.63, 3.8) is 0 Å². The fraction of sp³-hybridized carbons (Fsp3) is 1.00. The Morgan fingerprint density at radius 1 is 0.667 bits per heavy atom. The molecule has 1 fully saturated rings. The zero-order valence-electron chi connectivity index (χ0n) is 9.15. The van der Waals surface area contributed by atoms with E-state index in [0.717, 1.165) is 11.5 Å². The zero-order chi connectivity index (χ0) is 10.8. The molecule has 1 aliphatic heterocycles. The van der Waals surface area contributed by atoms with Gasteiger partial charge in [0.2, 0.25) is 0 Å². The molecule has 0 aliphatic carbocycles. The topological polar surface area (TPSA) is 26.0 Å². The van der Waals surface area contributed by atoms with Gasteiger partial charge >= 0.3 is 0 Å². The third kappa shape index (κ3) is 9.10. The lowest BCUT2D eigenvalue weighted by Crippen LogP contribution is -2.26. The van der Waals surface area contributed by atoms with E-state index in [2.05, 4.69) is 23.5 Å². The summed E-state index contributed by atoms with van der Waals surface area (Å²) in [5, 5.41) is 0. The molecule has 0 saturated carbocycles. The Kier molecular flexibility index (Phi) is 10.1. The van der Waals surface area contributed by atoms with Gasteiger partial charge in [0, 0.05) is 40.6 Å². The smallest absolute Gasteiger partial charge is 0.0222 e. The van der Waals surface area contributed by atoms with Gasteiger partial charge in [0.05, 0.1) is 0 Å². The molecule has 90 valence electrons. The Morgan fingerprint density at radius 3 is 1.67 bits per heavy atom. The lowest BCUT2D eigenvalue weighted by molar-refractivity contribution is 0.860. The first-order valence-corrected chi connectivity index (χ1v) is 10.1. The predicted octanol–water partition coefficient (Wildman–Crippen LogP) is 2.65. The van der Waals surface area contributed by atoms with Crippen LogP contribution in [0.2, 0.25) is 0 Å². The summed E-state index contributed by atoms with van der Waals surface area (Å²) in [7, 11) is 0. The van der Waals surface area contributed by atoms with Crippen molar-refractivity contribution in [2.45, 2.75) is 12.5 Å². The van der Waals surface area contributed by atoms with Crippen LogP contribution in [0.25, 0.3) is 0 Å². The summed E-state index contributed by atoms with van der Waals surface area (Å²) in [6.07, 6.45) is 1.38. The van der Waals surface area contributed by atoms with Crippen molar-refractivity contribution in [2.75, 3.05) is 46.0 Å². The van der Waals surface area contributed by atoms with E-state index in [1.54, 1.807) is 0 Å². The van der Waals surface area contributed by atoms with Crippen molar-refractivity contribution < 1.29 is 0 Å². The maximum absolute atomic E-state index is 6.03. The van der Waals surface area contributed by atoms with Crippen molar-refractivity contribution >= 4 is 47.0 Å². The SMILES string of the molecule is NC1CSCCSCCCSCCSC1. The molecule has 0 bridgehead atoms. The second-order valence-corrected chi connectivity index (χ2v) is 8.24. The molecule has 0 atom stereocenters. The Balaban J connectivity index is 2.10. The van der Waals surface area contributed by atoms with Crippen LogP contribution in [-0.2, 0) is 0 Å². The second kappa shape index (κ2) is 10.5. The average Bonchev–Trinajstić information content (AvgIpc) is 2.24. The molecule has 0 unspecified atom stereocenters. The van der Waals surface area contributed by atoms with E-state index in [0.29, 0.717) is 6.04 Å². The Hall–Kier alpha value is 1.36. The summed E-state index contributed by atoms with van der Waals surface area (Å²) in [6, 6.07) is 0.401. The Morgan fingerprint density at radius 2 is 1.13 bits per heavy atom. The van der Waals surface area contributed by atoms with Gasteiger partial charge in [0.25, 0.3) is 0 Å². The van der Waals surface area contributed by atoms with E-state index < -0.39 is 0 Å². The van der Waals surface area contributed by atoms with Crippen molar-refractivity contribution in [3.05, 3.63) is 0 Å². The van der Waals surface area contributed by atoms with Crippen molar-refractivity contribution in [3.8, 4) is 0 Å². The van der Waals surface area contributed by atoms with Crippen molar-refractivity contribution in [1.82, 2.24) is 0 Å². The summed E-state index contributed by atoms with van der Waals surface area (Å²) >= 11 is 8.25. The van der Waals surface area contributed by atoms with Crippen LogP contribution in [0.15, 0.2) is 0 Å². The summed E-state index contributed by atoms with van der Waals surface area (Å²) in [6.45, 7) is 0. The fourth-order valence-electron chi connectivity index (χ4n) is 1.22. The van der Waals surface area contributed by atoms with Crippen LogP contribution in [0.5, 0.6) is 0 Å². The number of hydrogen-bond donors (Lipinski definition) is 1. The van der Waals surface area contributed by atoms with Crippen molar-refractivity contribution in [1.29, 1.82) is 0 Å². The quantitative estimate of drug-likeness (QED) is 0.737. The summed E-state index contributed by atoms with van der Waals surface area (Å²) in [5.74, 6) is 10.1. The van der Waals surface area contributed by atoms with Gasteiger partial charge < -0.3 is 5.73 Å². The third-order valence-corrected chi connectivity index (χ3v) is 6.96. The van der Waals surface area contributed by atoms with Crippen LogP contribution in [0.4, 0.5) is 0 Å². The van der Waals surface area contributed by atoms with E-state index >= 15 is 0 Å². The highest BCUT2D eigenvalue weighted by atomic mass is 32.2. The highest BCUT2D eigenvalue weighted by Crippen LogP contribution is 2.15. The van der Waals surface area contributed by atoms with Crippen LogP contribution in [0.1, 0.15) is 6.42 Å². The van der Waals surface area contributed by atoms with E-state index in [1.165, 1.54) is 40.9 Å². The van der Waals surface area contributed by atoms with E-state index in [4.69, 9.17) is 5.73 Å². The van der Waals surface area contributed by atoms with Gasteiger partial charge in [-0.25, -0.2) is 0 Å². The van der Waals surface area contributed by atoms with E-state index in [9.17, 15) is 0 Å². The first-order valence-electron chi connectivity index (χ1n) is 5.46. The zero-order valence-corrected chi connectivity index (χ0v) is 12.4. The summed E-state index contributed by atoms with van der Waals surface area (Å²) in [4.78, 5) is 0. The normalized spacial score (nSPS) is 24.6. The number of hydrogen-bond acceptors (Lipinski definition) is 5. The summed E-state index contributed by atoms with van der Waals surface area (Å²) < 4.78 is 0. The molecular weight excluding hydrogens is 262 g/mol. The Bertz CT molecular complexity index is 131. The third-order valence-electron chi connectivity index (χ3n) is 1.99. The molecule has 0 aromatic carbocycles. The maximum Gasteiger partial charge on any atom is 0.0222 e. The first-order chi connectivity index (χ1) is 7.39. The first kappa shape index (κ1) is 14.4. The molecule has 1 rings (SSSR count). The predicted molar refractivity (Wildman–Crippen MR) is 81.9 cm³/mol. The minimum Gasteiger partial charge on any atom is -0.326 e. The number of thioether (sulfide) groups is 4. The average molecular weight is 284 g/mol. The van der Waals surface area contributed by atoms with Gasteiger partial charge in [-0.15, -0.1) is 0 Å². The van der Waals surface area contributed by atoms with Crippen LogP contribution < -0.4 is 5.73 Å². The molecule has 1 saturated heterocycles. The standard InChI is InChI=1S/C10H21NS4/c11-10-8-14-6-4-12-2-1-3-13-5-7-15-9-10/h10H,1-9,11H2. The molecule has 1 aliphatic rings. The molecule has 0 amide bonds. The molecule has 0 aromatic rings. The molecule has 5 heteroatoms.